The Bertz CT molecular complexity index is 178. The van der Waals surface area contributed by atoms with Crippen molar-refractivity contribution >= 4 is 8.81 Å². The molecule has 0 aromatic rings. The number of rotatable bonds is 8. The summed E-state index contributed by atoms with van der Waals surface area (Å²) >= 11 is 0. The second kappa shape index (κ2) is 9.33. The van der Waals surface area contributed by atoms with Crippen LogP contribution in [-0.2, 0) is 4.52 Å². The Kier molecular flexibility index (Phi) is 9.38. The van der Waals surface area contributed by atoms with Gasteiger partial charge in [0.05, 0.1) is 6.61 Å². The minimum absolute atomic E-state index is 0.591. The van der Waals surface area contributed by atoms with Crippen LogP contribution in [0.4, 0.5) is 0 Å². The third-order valence-electron chi connectivity index (χ3n) is 2.12. The molecule has 90 valence electrons. The van der Waals surface area contributed by atoms with Gasteiger partial charge in [0.1, 0.15) is 0 Å². The van der Waals surface area contributed by atoms with Gasteiger partial charge in [0, 0.05) is 15.0 Å². The summed E-state index contributed by atoms with van der Waals surface area (Å²) in [6.07, 6.45) is 4.42. The lowest BCUT2D eigenvalue weighted by atomic mass is 10.0. The van der Waals surface area contributed by atoms with Crippen LogP contribution in [0.15, 0.2) is 11.6 Å². The number of hydrogen-bond donors (Lipinski definition) is 1. The second-order valence-corrected chi connectivity index (χ2v) is 5.38. The first-order valence-electron chi connectivity index (χ1n) is 5.83. The molecule has 0 rings (SSSR count). The highest BCUT2D eigenvalue weighted by Crippen LogP contribution is 2.23. The van der Waals surface area contributed by atoms with Crippen LogP contribution in [-0.4, -0.2) is 19.3 Å². The molecule has 0 fully saturated rings. The van der Waals surface area contributed by atoms with Crippen LogP contribution in [0.1, 0.15) is 34.1 Å². The fraction of sp³-hybridized carbons (Fsp3) is 0.833. The van der Waals surface area contributed by atoms with Gasteiger partial charge in [-0.25, -0.2) is 0 Å². The molecule has 0 aliphatic heterocycles. The lowest BCUT2D eigenvalue weighted by Gasteiger charge is -2.13. The molecule has 0 saturated carbocycles. The minimum atomic E-state index is 0.591. The third-order valence-corrected chi connectivity index (χ3v) is 3.08. The molecular weight excluding hydrogens is 205 g/mol. The number of hydrogen-bond acceptors (Lipinski definition) is 2. The van der Waals surface area contributed by atoms with Crippen molar-refractivity contribution in [2.45, 2.75) is 34.1 Å². The van der Waals surface area contributed by atoms with Crippen LogP contribution in [0.25, 0.3) is 0 Å². The molecule has 1 atom stereocenters. The van der Waals surface area contributed by atoms with Gasteiger partial charge in [-0.05, 0) is 24.8 Å². The minimum Gasteiger partial charge on any atom is -0.362 e. The van der Waals surface area contributed by atoms with Gasteiger partial charge in [0.25, 0.3) is 0 Å². The molecule has 0 saturated heterocycles. The summed E-state index contributed by atoms with van der Waals surface area (Å²) in [5.74, 6) is 1.27. The van der Waals surface area contributed by atoms with Gasteiger partial charge in [0.2, 0.25) is 0 Å². The van der Waals surface area contributed by atoms with Crippen LogP contribution >= 0.6 is 8.81 Å². The van der Waals surface area contributed by atoms with Crippen molar-refractivity contribution in [3.8, 4) is 0 Å². The SMILES string of the molecule is CC(C)/C=C(/CPOCCCN)C(C)C. The van der Waals surface area contributed by atoms with Crippen molar-refractivity contribution in [1.29, 1.82) is 0 Å². The molecule has 3 heteroatoms. The highest BCUT2D eigenvalue weighted by molar-refractivity contribution is 7.32. The molecule has 1 unspecified atom stereocenters. The zero-order chi connectivity index (χ0) is 11.7. The zero-order valence-electron chi connectivity index (χ0n) is 10.5. The fourth-order valence-electron chi connectivity index (χ4n) is 1.25. The largest absolute Gasteiger partial charge is 0.362 e. The molecule has 0 aromatic heterocycles. The van der Waals surface area contributed by atoms with Gasteiger partial charge in [-0.3, -0.25) is 0 Å². The lowest BCUT2D eigenvalue weighted by molar-refractivity contribution is 0.357. The lowest BCUT2D eigenvalue weighted by Crippen LogP contribution is -2.03. The van der Waals surface area contributed by atoms with E-state index in [4.69, 9.17) is 10.3 Å². The Morgan fingerprint density at radius 1 is 1.33 bits per heavy atom. The molecule has 0 spiro atoms. The molecule has 0 aliphatic carbocycles. The molecule has 0 aromatic carbocycles. The molecule has 15 heavy (non-hydrogen) atoms. The highest BCUT2D eigenvalue weighted by Gasteiger charge is 2.04. The monoisotopic (exact) mass is 231 g/mol. The average molecular weight is 231 g/mol. The Labute approximate surface area is 96.5 Å². The Hall–Kier alpha value is 0.0900. The van der Waals surface area contributed by atoms with Gasteiger partial charge >= 0.3 is 0 Å². The van der Waals surface area contributed by atoms with Gasteiger partial charge < -0.3 is 10.3 Å². The van der Waals surface area contributed by atoms with E-state index in [0.717, 1.165) is 25.7 Å². The quantitative estimate of drug-likeness (QED) is 0.395. The predicted octanol–water partition coefficient (Wildman–Crippen LogP) is 3.18. The smallest absolute Gasteiger partial charge is 0.0517 e. The highest BCUT2D eigenvalue weighted by atomic mass is 31.1. The van der Waals surface area contributed by atoms with E-state index in [1.165, 1.54) is 5.57 Å². The van der Waals surface area contributed by atoms with Crippen LogP contribution in [0.2, 0.25) is 0 Å². The van der Waals surface area contributed by atoms with Gasteiger partial charge in [-0.2, -0.15) is 0 Å². The first-order valence-corrected chi connectivity index (χ1v) is 6.94. The van der Waals surface area contributed by atoms with Crippen molar-refractivity contribution in [1.82, 2.24) is 0 Å². The standard InChI is InChI=1S/C12H26NOP/c1-10(2)8-12(11(3)4)9-15-14-7-5-6-13/h8,10-11,15H,5-7,9,13H2,1-4H3/b12-8-. The summed E-state index contributed by atoms with van der Waals surface area (Å²) < 4.78 is 5.54. The van der Waals surface area contributed by atoms with E-state index in [1.54, 1.807) is 0 Å². The van der Waals surface area contributed by atoms with Crippen molar-refractivity contribution in [3.63, 3.8) is 0 Å². The average Bonchev–Trinajstić information content (AvgIpc) is 2.15. The summed E-state index contributed by atoms with van der Waals surface area (Å²) in [5, 5.41) is 0. The van der Waals surface area contributed by atoms with Crippen molar-refractivity contribution in [3.05, 3.63) is 11.6 Å². The van der Waals surface area contributed by atoms with Gasteiger partial charge in [-0.1, -0.05) is 39.3 Å². The van der Waals surface area contributed by atoms with Crippen molar-refractivity contribution in [2.75, 3.05) is 19.3 Å². The molecule has 0 amide bonds. The topological polar surface area (TPSA) is 35.2 Å². The summed E-state index contributed by atoms with van der Waals surface area (Å²) in [7, 11) is 0.591. The first kappa shape index (κ1) is 15.1. The van der Waals surface area contributed by atoms with Gasteiger partial charge in [-0.15, -0.1) is 0 Å². The first-order chi connectivity index (χ1) is 7.07. The van der Waals surface area contributed by atoms with Crippen molar-refractivity contribution < 1.29 is 4.52 Å². The predicted molar refractivity (Wildman–Crippen MR) is 70.6 cm³/mol. The Balaban J connectivity index is 3.78. The maximum atomic E-state index is 5.54. The summed E-state index contributed by atoms with van der Waals surface area (Å²) in [4.78, 5) is 0. The second-order valence-electron chi connectivity index (χ2n) is 4.45. The van der Waals surface area contributed by atoms with Gasteiger partial charge in [0.15, 0.2) is 0 Å². The van der Waals surface area contributed by atoms with E-state index in [-0.39, 0.29) is 0 Å². The van der Waals surface area contributed by atoms with Crippen molar-refractivity contribution in [2.24, 2.45) is 17.6 Å². The normalized spacial score (nSPS) is 13.7. The van der Waals surface area contributed by atoms with E-state index >= 15 is 0 Å². The van der Waals surface area contributed by atoms with Crippen LogP contribution in [0, 0.1) is 11.8 Å². The Morgan fingerprint density at radius 2 is 2.00 bits per heavy atom. The van der Waals surface area contributed by atoms with E-state index in [9.17, 15) is 0 Å². The molecule has 0 aliphatic rings. The van der Waals surface area contributed by atoms with Crippen LogP contribution in [0.5, 0.6) is 0 Å². The molecule has 2 nitrogen and oxygen atoms in total. The zero-order valence-corrected chi connectivity index (χ0v) is 11.5. The maximum absolute atomic E-state index is 5.54. The molecule has 2 N–H and O–H groups in total. The van der Waals surface area contributed by atoms with E-state index < -0.39 is 0 Å². The van der Waals surface area contributed by atoms with E-state index in [2.05, 4.69) is 33.8 Å². The Morgan fingerprint density at radius 3 is 2.47 bits per heavy atom. The van der Waals surface area contributed by atoms with Crippen LogP contribution < -0.4 is 5.73 Å². The number of allylic oxidation sites excluding steroid dienone is 2. The molecule has 0 heterocycles. The third kappa shape index (κ3) is 9.04. The molecular formula is C12H26NOP. The van der Waals surface area contributed by atoms with E-state index in [0.29, 0.717) is 20.6 Å². The molecule has 0 radical (unpaired) electrons. The van der Waals surface area contributed by atoms with Crippen LogP contribution in [0.3, 0.4) is 0 Å². The summed E-state index contributed by atoms with van der Waals surface area (Å²) in [6, 6.07) is 0. The maximum Gasteiger partial charge on any atom is 0.0517 e. The fourth-order valence-corrected chi connectivity index (χ4v) is 2.33. The molecule has 0 bridgehead atoms. The number of nitrogens with two attached hydrogens (primary N) is 1. The van der Waals surface area contributed by atoms with E-state index in [1.807, 2.05) is 0 Å². The summed E-state index contributed by atoms with van der Waals surface area (Å²) in [5.41, 5.74) is 6.92. The summed E-state index contributed by atoms with van der Waals surface area (Å²) in [6.45, 7) is 10.5.